The van der Waals surface area contributed by atoms with Gasteiger partial charge in [-0.1, -0.05) is 18.2 Å². The van der Waals surface area contributed by atoms with Gasteiger partial charge < -0.3 is 24.1 Å². The number of phenolic OH excluding ortho intramolecular Hbond substituents is 1. The molecule has 0 heterocycles. The van der Waals surface area contributed by atoms with E-state index in [9.17, 15) is 5.11 Å². The minimum Gasteiger partial charge on any atom is -0.502 e. The topological polar surface area (TPSA) is 57.2 Å². The number of hydrogen-bond donors (Lipinski definition) is 1. The van der Waals surface area contributed by atoms with E-state index in [1.165, 1.54) is 14.2 Å². The van der Waals surface area contributed by atoms with Crippen LogP contribution in [-0.4, -0.2) is 33.5 Å². The zero-order chi connectivity index (χ0) is 16.8. The van der Waals surface area contributed by atoms with E-state index in [2.05, 4.69) is 0 Å². The molecule has 0 atom stereocenters. The average Bonchev–Trinajstić information content (AvgIpc) is 2.60. The Bertz CT molecular complexity index is 682. The van der Waals surface area contributed by atoms with Gasteiger partial charge in [0.05, 0.1) is 28.4 Å². The molecule has 0 aliphatic carbocycles. The van der Waals surface area contributed by atoms with Crippen molar-refractivity contribution in [3.05, 3.63) is 41.5 Å². The molecular weight excluding hydrogens is 296 g/mol. The summed E-state index contributed by atoms with van der Waals surface area (Å²) in [4.78, 5) is 0. The summed E-state index contributed by atoms with van der Waals surface area (Å²) in [7, 11) is 6.19. The minimum atomic E-state index is -0.0155. The molecule has 0 spiro atoms. The highest BCUT2D eigenvalue weighted by Gasteiger charge is 2.10. The van der Waals surface area contributed by atoms with Gasteiger partial charge in [0.15, 0.2) is 23.0 Å². The van der Waals surface area contributed by atoms with Crippen molar-refractivity contribution in [2.24, 2.45) is 0 Å². The van der Waals surface area contributed by atoms with Crippen LogP contribution in [0.2, 0.25) is 0 Å². The van der Waals surface area contributed by atoms with Crippen LogP contribution < -0.4 is 18.9 Å². The van der Waals surface area contributed by atoms with Gasteiger partial charge in [-0.3, -0.25) is 0 Å². The van der Waals surface area contributed by atoms with Crippen LogP contribution in [0.5, 0.6) is 28.7 Å². The van der Waals surface area contributed by atoms with E-state index < -0.39 is 0 Å². The summed E-state index contributed by atoms with van der Waals surface area (Å²) >= 11 is 0. The number of rotatable bonds is 6. The third-order valence-corrected chi connectivity index (χ3v) is 3.38. The standard InChI is InChI=1S/C18H20O5/c1-20-14-8-7-12(9-15(14)21-2)5-6-13-10-16(22-3)18(19)17(11-13)23-4/h5-11,19H,1-4H3/b6-5+. The van der Waals surface area contributed by atoms with Crippen LogP contribution in [0.4, 0.5) is 0 Å². The first-order valence-electron chi connectivity index (χ1n) is 6.98. The summed E-state index contributed by atoms with van der Waals surface area (Å²) < 4.78 is 20.8. The van der Waals surface area contributed by atoms with E-state index in [0.717, 1.165) is 11.1 Å². The van der Waals surface area contributed by atoms with Crippen molar-refractivity contribution >= 4 is 12.2 Å². The normalized spacial score (nSPS) is 10.6. The first-order valence-corrected chi connectivity index (χ1v) is 6.98. The van der Waals surface area contributed by atoms with Gasteiger partial charge in [-0.15, -0.1) is 0 Å². The summed E-state index contributed by atoms with van der Waals surface area (Å²) in [6, 6.07) is 9.11. The van der Waals surface area contributed by atoms with Crippen LogP contribution in [-0.2, 0) is 0 Å². The van der Waals surface area contributed by atoms with Gasteiger partial charge in [-0.05, 0) is 35.4 Å². The summed E-state index contributed by atoms with van der Waals surface area (Å²) in [5, 5.41) is 9.92. The van der Waals surface area contributed by atoms with Crippen LogP contribution in [0.1, 0.15) is 11.1 Å². The molecule has 0 aromatic heterocycles. The monoisotopic (exact) mass is 316 g/mol. The Morgan fingerprint density at radius 3 is 1.65 bits per heavy atom. The first-order chi connectivity index (χ1) is 11.1. The van der Waals surface area contributed by atoms with Crippen LogP contribution in [0, 0.1) is 0 Å². The van der Waals surface area contributed by atoms with E-state index in [4.69, 9.17) is 18.9 Å². The lowest BCUT2D eigenvalue weighted by molar-refractivity contribution is 0.340. The first kappa shape index (κ1) is 16.5. The fourth-order valence-electron chi connectivity index (χ4n) is 2.16. The molecule has 2 rings (SSSR count). The molecule has 0 amide bonds. The highest BCUT2D eigenvalue weighted by molar-refractivity contribution is 5.73. The Hall–Kier alpha value is -2.82. The van der Waals surface area contributed by atoms with Gasteiger partial charge in [0.25, 0.3) is 0 Å². The third-order valence-electron chi connectivity index (χ3n) is 3.38. The van der Waals surface area contributed by atoms with Crippen molar-refractivity contribution in [3.63, 3.8) is 0 Å². The van der Waals surface area contributed by atoms with Crippen LogP contribution in [0.25, 0.3) is 12.2 Å². The summed E-state index contributed by atoms with van der Waals surface area (Å²) in [5.41, 5.74) is 1.79. The number of benzene rings is 2. The second kappa shape index (κ2) is 7.45. The van der Waals surface area contributed by atoms with Gasteiger partial charge >= 0.3 is 0 Å². The summed E-state index contributed by atoms with van der Waals surface area (Å²) in [6.07, 6.45) is 3.82. The lowest BCUT2D eigenvalue weighted by atomic mass is 10.1. The Morgan fingerprint density at radius 1 is 0.652 bits per heavy atom. The second-order valence-electron chi connectivity index (χ2n) is 4.72. The highest BCUT2D eigenvalue weighted by atomic mass is 16.5. The molecule has 2 aromatic rings. The molecule has 0 aliphatic rings. The maximum atomic E-state index is 9.92. The second-order valence-corrected chi connectivity index (χ2v) is 4.72. The van der Waals surface area contributed by atoms with Crippen molar-refractivity contribution in [3.8, 4) is 28.7 Å². The van der Waals surface area contributed by atoms with Gasteiger partial charge in [0, 0.05) is 0 Å². The summed E-state index contributed by atoms with van der Waals surface area (Å²) in [6.45, 7) is 0. The Balaban J connectivity index is 2.33. The molecule has 2 aromatic carbocycles. The van der Waals surface area contributed by atoms with E-state index >= 15 is 0 Å². The average molecular weight is 316 g/mol. The zero-order valence-electron chi connectivity index (χ0n) is 13.6. The molecular formula is C18H20O5. The quantitative estimate of drug-likeness (QED) is 0.825. The molecule has 5 nitrogen and oxygen atoms in total. The fraction of sp³-hybridized carbons (Fsp3) is 0.222. The number of methoxy groups -OCH3 is 4. The van der Waals surface area contributed by atoms with E-state index in [1.54, 1.807) is 26.4 Å². The molecule has 0 saturated carbocycles. The Kier molecular flexibility index (Phi) is 5.36. The van der Waals surface area contributed by atoms with Crippen LogP contribution in [0.15, 0.2) is 30.3 Å². The molecule has 0 fully saturated rings. The van der Waals surface area contributed by atoms with Crippen molar-refractivity contribution in [1.82, 2.24) is 0 Å². The molecule has 5 heteroatoms. The molecule has 0 bridgehead atoms. The Morgan fingerprint density at radius 2 is 1.13 bits per heavy atom. The molecule has 23 heavy (non-hydrogen) atoms. The van der Waals surface area contributed by atoms with E-state index in [1.807, 2.05) is 30.4 Å². The number of aromatic hydroxyl groups is 1. The highest BCUT2D eigenvalue weighted by Crippen LogP contribution is 2.37. The molecule has 0 radical (unpaired) electrons. The number of ether oxygens (including phenoxy) is 4. The van der Waals surface area contributed by atoms with Gasteiger partial charge in [-0.25, -0.2) is 0 Å². The van der Waals surface area contributed by atoms with E-state index in [0.29, 0.717) is 23.0 Å². The summed E-state index contributed by atoms with van der Waals surface area (Å²) in [5.74, 6) is 2.04. The maximum absolute atomic E-state index is 9.92. The predicted octanol–water partition coefficient (Wildman–Crippen LogP) is 3.60. The minimum absolute atomic E-state index is 0.0155. The lowest BCUT2D eigenvalue weighted by Gasteiger charge is -2.10. The predicted molar refractivity (Wildman–Crippen MR) is 89.7 cm³/mol. The lowest BCUT2D eigenvalue weighted by Crippen LogP contribution is -1.91. The van der Waals surface area contributed by atoms with Crippen molar-refractivity contribution in [2.45, 2.75) is 0 Å². The fourth-order valence-corrected chi connectivity index (χ4v) is 2.16. The SMILES string of the molecule is COc1ccc(/C=C/c2cc(OC)c(O)c(OC)c2)cc1OC. The zero-order valence-corrected chi connectivity index (χ0v) is 13.6. The smallest absolute Gasteiger partial charge is 0.200 e. The van der Waals surface area contributed by atoms with Gasteiger partial charge in [0.2, 0.25) is 5.75 Å². The van der Waals surface area contributed by atoms with Crippen LogP contribution in [0.3, 0.4) is 0 Å². The third kappa shape index (κ3) is 3.69. The van der Waals surface area contributed by atoms with Crippen molar-refractivity contribution < 1.29 is 24.1 Å². The maximum Gasteiger partial charge on any atom is 0.200 e. The van der Waals surface area contributed by atoms with Gasteiger partial charge in [-0.2, -0.15) is 0 Å². The molecule has 0 aliphatic heterocycles. The number of hydrogen-bond acceptors (Lipinski definition) is 5. The van der Waals surface area contributed by atoms with Crippen LogP contribution >= 0.6 is 0 Å². The Labute approximate surface area is 135 Å². The van der Waals surface area contributed by atoms with Gasteiger partial charge in [0.1, 0.15) is 0 Å². The molecule has 122 valence electrons. The van der Waals surface area contributed by atoms with Crippen molar-refractivity contribution in [2.75, 3.05) is 28.4 Å². The van der Waals surface area contributed by atoms with Crippen molar-refractivity contribution in [1.29, 1.82) is 0 Å². The molecule has 1 N–H and O–H groups in total. The molecule has 0 saturated heterocycles. The van der Waals surface area contributed by atoms with E-state index in [-0.39, 0.29) is 5.75 Å². The largest absolute Gasteiger partial charge is 0.502 e. The molecule has 0 unspecified atom stereocenters. The number of phenols is 1.